The van der Waals surface area contributed by atoms with E-state index < -0.39 is 5.97 Å². The Morgan fingerprint density at radius 3 is 2.94 bits per heavy atom. The molecule has 2 atom stereocenters. The third-order valence-electron chi connectivity index (χ3n) is 3.10. The summed E-state index contributed by atoms with van der Waals surface area (Å²) in [4.78, 5) is 10.9. The van der Waals surface area contributed by atoms with Crippen molar-refractivity contribution in [2.24, 2.45) is 5.92 Å². The van der Waals surface area contributed by atoms with Gasteiger partial charge in [-0.15, -0.1) is 0 Å². The average Bonchev–Trinajstić information content (AvgIpc) is 2.67. The molecule has 0 amide bonds. The van der Waals surface area contributed by atoms with Gasteiger partial charge in [0.15, 0.2) is 0 Å². The van der Waals surface area contributed by atoms with Crippen LogP contribution in [0.1, 0.15) is 25.3 Å². The number of rotatable bonds is 4. The zero-order chi connectivity index (χ0) is 11.5. The van der Waals surface area contributed by atoms with Gasteiger partial charge in [-0.2, -0.15) is 0 Å². The monoisotopic (exact) mass is 220 g/mol. The fourth-order valence-electron chi connectivity index (χ4n) is 2.14. The van der Waals surface area contributed by atoms with Gasteiger partial charge in [0.05, 0.1) is 5.92 Å². The SMILES string of the molecule is CCC(CC1Cc2ccccc2O1)C(=O)O. The van der Waals surface area contributed by atoms with Gasteiger partial charge in [-0.1, -0.05) is 25.1 Å². The third kappa shape index (κ3) is 2.18. The first-order valence-corrected chi connectivity index (χ1v) is 5.68. The predicted octanol–water partition coefficient (Wildman–Crippen LogP) is 2.49. The van der Waals surface area contributed by atoms with E-state index in [0.29, 0.717) is 12.8 Å². The van der Waals surface area contributed by atoms with Gasteiger partial charge in [-0.05, 0) is 24.5 Å². The van der Waals surface area contributed by atoms with Crippen molar-refractivity contribution < 1.29 is 14.6 Å². The molecule has 0 spiro atoms. The first kappa shape index (κ1) is 11.0. The summed E-state index contributed by atoms with van der Waals surface area (Å²) in [6.07, 6.45) is 2.12. The molecule has 1 heterocycles. The van der Waals surface area contributed by atoms with Gasteiger partial charge < -0.3 is 9.84 Å². The molecule has 1 aliphatic rings. The number of aliphatic carboxylic acids is 1. The van der Waals surface area contributed by atoms with Crippen molar-refractivity contribution in [2.75, 3.05) is 0 Å². The van der Waals surface area contributed by atoms with Crippen molar-refractivity contribution in [1.29, 1.82) is 0 Å². The Morgan fingerprint density at radius 2 is 2.31 bits per heavy atom. The summed E-state index contributed by atoms with van der Waals surface area (Å²) in [6.45, 7) is 1.90. The van der Waals surface area contributed by atoms with E-state index >= 15 is 0 Å². The third-order valence-corrected chi connectivity index (χ3v) is 3.10. The Bertz CT molecular complexity index is 362. The molecule has 0 saturated heterocycles. The molecule has 0 aliphatic carbocycles. The van der Waals surface area contributed by atoms with Crippen LogP contribution >= 0.6 is 0 Å². The zero-order valence-corrected chi connectivity index (χ0v) is 9.35. The second-order valence-electron chi connectivity index (χ2n) is 4.23. The standard InChI is InChI=1S/C13H16O3/c1-2-9(13(14)15)7-11-8-10-5-3-4-6-12(10)16-11/h3-6,9,11H,2,7-8H2,1H3,(H,14,15). The van der Waals surface area contributed by atoms with Crippen LogP contribution in [0.5, 0.6) is 5.75 Å². The number of hydrogen-bond donors (Lipinski definition) is 1. The van der Waals surface area contributed by atoms with Crippen molar-refractivity contribution in [3.05, 3.63) is 29.8 Å². The summed E-state index contributed by atoms with van der Waals surface area (Å²) >= 11 is 0. The molecule has 86 valence electrons. The highest BCUT2D eigenvalue weighted by Gasteiger charge is 2.27. The Kier molecular flexibility index (Phi) is 3.13. The van der Waals surface area contributed by atoms with Crippen LogP contribution in [0.15, 0.2) is 24.3 Å². The van der Waals surface area contributed by atoms with Crippen LogP contribution in [0.25, 0.3) is 0 Å². The first-order valence-electron chi connectivity index (χ1n) is 5.68. The van der Waals surface area contributed by atoms with Gasteiger partial charge in [0, 0.05) is 6.42 Å². The number of ether oxygens (including phenoxy) is 1. The summed E-state index contributed by atoms with van der Waals surface area (Å²) < 4.78 is 5.73. The fourth-order valence-corrected chi connectivity index (χ4v) is 2.14. The fraction of sp³-hybridized carbons (Fsp3) is 0.462. The lowest BCUT2D eigenvalue weighted by molar-refractivity contribution is -0.142. The second kappa shape index (κ2) is 4.56. The van der Waals surface area contributed by atoms with Crippen LogP contribution in [-0.2, 0) is 11.2 Å². The van der Waals surface area contributed by atoms with Crippen LogP contribution in [0.2, 0.25) is 0 Å². The molecule has 1 aromatic carbocycles. The number of carbonyl (C=O) groups is 1. The number of fused-ring (bicyclic) bond motifs is 1. The molecule has 0 aromatic heterocycles. The van der Waals surface area contributed by atoms with Crippen molar-refractivity contribution in [3.63, 3.8) is 0 Å². The van der Waals surface area contributed by atoms with Gasteiger partial charge in [0.1, 0.15) is 11.9 Å². The molecule has 0 bridgehead atoms. The number of benzene rings is 1. The maximum atomic E-state index is 10.9. The molecule has 1 N–H and O–H groups in total. The molecule has 16 heavy (non-hydrogen) atoms. The van der Waals surface area contributed by atoms with Crippen LogP contribution in [0, 0.1) is 5.92 Å². The van der Waals surface area contributed by atoms with Gasteiger partial charge in [-0.25, -0.2) is 0 Å². The van der Waals surface area contributed by atoms with Gasteiger partial charge >= 0.3 is 5.97 Å². The summed E-state index contributed by atoms with van der Waals surface area (Å²) in [5.41, 5.74) is 1.19. The molecule has 1 aliphatic heterocycles. The van der Waals surface area contributed by atoms with Crippen molar-refractivity contribution in [1.82, 2.24) is 0 Å². The highest BCUT2D eigenvalue weighted by molar-refractivity contribution is 5.69. The Morgan fingerprint density at radius 1 is 1.56 bits per heavy atom. The first-order chi connectivity index (χ1) is 7.70. The highest BCUT2D eigenvalue weighted by Crippen LogP contribution is 2.31. The van der Waals surface area contributed by atoms with E-state index in [1.807, 2.05) is 31.2 Å². The lowest BCUT2D eigenvalue weighted by Crippen LogP contribution is -2.23. The molecule has 3 heteroatoms. The molecule has 2 unspecified atom stereocenters. The van der Waals surface area contributed by atoms with E-state index in [2.05, 4.69) is 0 Å². The van der Waals surface area contributed by atoms with E-state index in [1.165, 1.54) is 5.56 Å². The lowest BCUT2D eigenvalue weighted by atomic mass is 9.96. The Balaban J connectivity index is 1.99. The summed E-state index contributed by atoms with van der Waals surface area (Å²) in [6, 6.07) is 7.91. The average molecular weight is 220 g/mol. The van der Waals surface area contributed by atoms with E-state index in [1.54, 1.807) is 0 Å². The molecular weight excluding hydrogens is 204 g/mol. The number of para-hydroxylation sites is 1. The van der Waals surface area contributed by atoms with Gasteiger partial charge in [0.25, 0.3) is 0 Å². The second-order valence-corrected chi connectivity index (χ2v) is 4.23. The quantitative estimate of drug-likeness (QED) is 0.848. The summed E-state index contributed by atoms with van der Waals surface area (Å²) in [5, 5.41) is 8.99. The minimum atomic E-state index is -0.720. The molecule has 3 nitrogen and oxygen atoms in total. The van der Waals surface area contributed by atoms with Crippen molar-refractivity contribution >= 4 is 5.97 Å². The Labute approximate surface area is 95.0 Å². The molecule has 2 rings (SSSR count). The molecular formula is C13H16O3. The zero-order valence-electron chi connectivity index (χ0n) is 9.35. The van der Waals surface area contributed by atoms with Gasteiger partial charge in [-0.3, -0.25) is 4.79 Å². The molecule has 0 saturated carbocycles. The van der Waals surface area contributed by atoms with E-state index in [-0.39, 0.29) is 12.0 Å². The maximum Gasteiger partial charge on any atom is 0.306 e. The minimum Gasteiger partial charge on any atom is -0.490 e. The van der Waals surface area contributed by atoms with E-state index in [4.69, 9.17) is 9.84 Å². The number of carboxylic acid groups (broad SMARTS) is 1. The van der Waals surface area contributed by atoms with Crippen molar-refractivity contribution in [2.45, 2.75) is 32.3 Å². The molecule has 1 aromatic rings. The lowest BCUT2D eigenvalue weighted by Gasteiger charge is -2.15. The van der Waals surface area contributed by atoms with Crippen LogP contribution in [-0.4, -0.2) is 17.2 Å². The summed E-state index contributed by atoms with van der Waals surface area (Å²) in [5.74, 6) is -0.103. The largest absolute Gasteiger partial charge is 0.490 e. The van der Waals surface area contributed by atoms with E-state index in [9.17, 15) is 4.79 Å². The van der Waals surface area contributed by atoms with Crippen LogP contribution in [0.4, 0.5) is 0 Å². The number of hydrogen-bond acceptors (Lipinski definition) is 2. The summed E-state index contributed by atoms with van der Waals surface area (Å²) in [7, 11) is 0. The van der Waals surface area contributed by atoms with E-state index in [0.717, 1.165) is 12.2 Å². The van der Waals surface area contributed by atoms with Gasteiger partial charge in [0.2, 0.25) is 0 Å². The highest BCUT2D eigenvalue weighted by atomic mass is 16.5. The molecule has 0 fully saturated rings. The molecule has 0 radical (unpaired) electrons. The van der Waals surface area contributed by atoms with Crippen LogP contribution < -0.4 is 4.74 Å². The Hall–Kier alpha value is -1.51. The normalized spacial score (nSPS) is 19.9. The van der Waals surface area contributed by atoms with Crippen LogP contribution in [0.3, 0.4) is 0 Å². The smallest absolute Gasteiger partial charge is 0.306 e. The number of carboxylic acids is 1. The maximum absolute atomic E-state index is 10.9. The van der Waals surface area contributed by atoms with Crippen molar-refractivity contribution in [3.8, 4) is 5.75 Å². The topological polar surface area (TPSA) is 46.5 Å². The minimum absolute atomic E-state index is 0.0263. The predicted molar refractivity (Wildman–Crippen MR) is 60.6 cm³/mol.